The van der Waals surface area contributed by atoms with Crippen molar-refractivity contribution in [2.24, 2.45) is 0 Å². The Kier molecular flexibility index (Phi) is 3.23. The van der Waals surface area contributed by atoms with Gasteiger partial charge in [0.1, 0.15) is 12.0 Å². The monoisotopic (exact) mass is 231 g/mol. The van der Waals surface area contributed by atoms with Crippen molar-refractivity contribution in [1.82, 2.24) is 4.98 Å². The Balaban J connectivity index is 2.10. The van der Waals surface area contributed by atoms with Gasteiger partial charge in [0.25, 0.3) is 0 Å². The molecule has 17 heavy (non-hydrogen) atoms. The molecule has 1 N–H and O–H groups in total. The van der Waals surface area contributed by atoms with Crippen molar-refractivity contribution in [2.75, 3.05) is 0 Å². The number of hydrogen-bond donors (Lipinski definition) is 1. The Morgan fingerprint density at radius 1 is 1.35 bits per heavy atom. The van der Waals surface area contributed by atoms with E-state index in [9.17, 15) is 4.79 Å². The number of aliphatic carboxylic acids is 1. The van der Waals surface area contributed by atoms with E-state index >= 15 is 0 Å². The number of benzene rings is 1. The Hall–Kier alpha value is -2.10. The summed E-state index contributed by atoms with van der Waals surface area (Å²) >= 11 is 0. The highest BCUT2D eigenvalue weighted by atomic mass is 16.4. The molecule has 0 aliphatic rings. The van der Waals surface area contributed by atoms with Gasteiger partial charge in [-0.2, -0.15) is 0 Å². The van der Waals surface area contributed by atoms with Gasteiger partial charge < -0.3 is 9.52 Å². The third-order valence-electron chi connectivity index (χ3n) is 2.50. The number of carbonyl (C=O) groups is 1. The van der Waals surface area contributed by atoms with Crippen molar-refractivity contribution in [3.8, 4) is 11.3 Å². The van der Waals surface area contributed by atoms with Crippen LogP contribution in [0.3, 0.4) is 0 Å². The van der Waals surface area contributed by atoms with Crippen LogP contribution in [0, 0.1) is 6.92 Å². The average Bonchev–Trinajstić information content (AvgIpc) is 2.74. The molecule has 1 aromatic heterocycles. The normalized spacial score (nSPS) is 10.4. The number of oxazole rings is 1. The lowest BCUT2D eigenvalue weighted by Gasteiger charge is -2.00. The number of carboxylic acid groups (broad SMARTS) is 1. The summed E-state index contributed by atoms with van der Waals surface area (Å²) in [5, 5.41) is 8.59. The lowest BCUT2D eigenvalue weighted by molar-refractivity contribution is -0.136. The Bertz CT molecular complexity index is 514. The highest BCUT2D eigenvalue weighted by Gasteiger charge is 2.04. The molecule has 4 heteroatoms. The van der Waals surface area contributed by atoms with E-state index in [2.05, 4.69) is 4.98 Å². The van der Waals surface area contributed by atoms with Gasteiger partial charge >= 0.3 is 5.97 Å². The van der Waals surface area contributed by atoms with E-state index in [-0.39, 0.29) is 6.42 Å². The molecular weight excluding hydrogens is 218 g/mol. The molecule has 0 saturated carbocycles. The van der Waals surface area contributed by atoms with Crippen LogP contribution in [0.25, 0.3) is 11.3 Å². The number of aryl methyl sites for hydroxylation is 2. The molecule has 4 nitrogen and oxygen atoms in total. The van der Waals surface area contributed by atoms with Gasteiger partial charge in [-0.05, 0) is 12.0 Å². The zero-order valence-corrected chi connectivity index (χ0v) is 9.51. The van der Waals surface area contributed by atoms with E-state index in [1.807, 2.05) is 24.3 Å². The quantitative estimate of drug-likeness (QED) is 0.878. The SMILES string of the molecule is Cc1nc(-c2ccc(CCC(=O)O)cc2)co1. The van der Waals surface area contributed by atoms with E-state index in [0.29, 0.717) is 12.3 Å². The van der Waals surface area contributed by atoms with Gasteiger partial charge in [0.15, 0.2) is 5.89 Å². The van der Waals surface area contributed by atoms with Gasteiger partial charge in [-0.15, -0.1) is 0 Å². The molecule has 2 aromatic rings. The first-order valence-electron chi connectivity index (χ1n) is 5.38. The fraction of sp³-hybridized carbons (Fsp3) is 0.231. The molecule has 0 radical (unpaired) electrons. The molecule has 0 unspecified atom stereocenters. The summed E-state index contributed by atoms with van der Waals surface area (Å²) in [6.45, 7) is 1.80. The van der Waals surface area contributed by atoms with Crippen LogP contribution in [0.4, 0.5) is 0 Å². The second kappa shape index (κ2) is 4.82. The molecule has 0 bridgehead atoms. The van der Waals surface area contributed by atoms with Crippen LogP contribution in [-0.2, 0) is 11.2 Å². The maximum absolute atomic E-state index is 10.4. The number of hydrogen-bond acceptors (Lipinski definition) is 3. The van der Waals surface area contributed by atoms with Crippen LogP contribution in [0.1, 0.15) is 17.9 Å². The molecule has 0 atom stereocenters. The Labute approximate surface area is 98.9 Å². The summed E-state index contributed by atoms with van der Waals surface area (Å²) in [6, 6.07) is 7.69. The Morgan fingerprint density at radius 2 is 2.06 bits per heavy atom. The molecule has 0 amide bonds. The summed E-state index contributed by atoms with van der Waals surface area (Å²) in [4.78, 5) is 14.7. The van der Waals surface area contributed by atoms with Crippen molar-refractivity contribution in [1.29, 1.82) is 0 Å². The lowest BCUT2D eigenvalue weighted by atomic mass is 10.1. The van der Waals surface area contributed by atoms with Crippen LogP contribution in [0.15, 0.2) is 34.9 Å². The highest BCUT2D eigenvalue weighted by Crippen LogP contribution is 2.19. The summed E-state index contributed by atoms with van der Waals surface area (Å²) < 4.78 is 5.14. The van der Waals surface area contributed by atoms with Crippen molar-refractivity contribution >= 4 is 5.97 Å². The number of rotatable bonds is 4. The van der Waals surface area contributed by atoms with E-state index in [1.54, 1.807) is 13.2 Å². The first-order chi connectivity index (χ1) is 8.15. The topological polar surface area (TPSA) is 63.3 Å². The van der Waals surface area contributed by atoms with Crippen molar-refractivity contribution < 1.29 is 14.3 Å². The minimum absolute atomic E-state index is 0.155. The molecule has 2 rings (SSSR count). The van der Waals surface area contributed by atoms with Gasteiger partial charge in [-0.3, -0.25) is 4.79 Å². The molecule has 0 fully saturated rings. The molecule has 0 saturated heterocycles. The molecule has 88 valence electrons. The van der Waals surface area contributed by atoms with Crippen LogP contribution < -0.4 is 0 Å². The zero-order chi connectivity index (χ0) is 12.3. The average molecular weight is 231 g/mol. The summed E-state index contributed by atoms with van der Waals surface area (Å²) in [7, 11) is 0. The van der Waals surface area contributed by atoms with Crippen LogP contribution in [-0.4, -0.2) is 16.1 Å². The third-order valence-corrected chi connectivity index (χ3v) is 2.50. The predicted molar refractivity (Wildman–Crippen MR) is 62.6 cm³/mol. The maximum atomic E-state index is 10.4. The number of carboxylic acids is 1. The van der Waals surface area contributed by atoms with E-state index < -0.39 is 5.97 Å². The first-order valence-corrected chi connectivity index (χ1v) is 5.38. The van der Waals surface area contributed by atoms with Crippen molar-refractivity contribution in [3.63, 3.8) is 0 Å². The van der Waals surface area contributed by atoms with Crippen molar-refractivity contribution in [2.45, 2.75) is 19.8 Å². The Morgan fingerprint density at radius 3 is 2.59 bits per heavy atom. The van der Waals surface area contributed by atoms with E-state index in [1.165, 1.54) is 0 Å². The summed E-state index contributed by atoms with van der Waals surface area (Å²) in [5.41, 5.74) is 2.78. The van der Waals surface area contributed by atoms with Gasteiger partial charge in [0, 0.05) is 18.9 Å². The molecule has 0 spiro atoms. The number of aromatic nitrogens is 1. The molecule has 0 aliphatic carbocycles. The zero-order valence-electron chi connectivity index (χ0n) is 9.51. The summed E-state index contributed by atoms with van der Waals surface area (Å²) in [5.74, 6) is -0.142. The maximum Gasteiger partial charge on any atom is 0.303 e. The predicted octanol–water partition coefficient (Wildman–Crippen LogP) is 2.67. The van der Waals surface area contributed by atoms with E-state index in [0.717, 1.165) is 16.8 Å². The minimum atomic E-state index is -0.777. The van der Waals surface area contributed by atoms with Gasteiger partial charge in [-0.25, -0.2) is 4.98 Å². The van der Waals surface area contributed by atoms with Gasteiger partial charge in [0.05, 0.1) is 0 Å². The minimum Gasteiger partial charge on any atom is -0.481 e. The molecule has 0 aliphatic heterocycles. The first kappa shape index (κ1) is 11.4. The second-order valence-corrected chi connectivity index (χ2v) is 3.84. The molecular formula is C13H13NO3. The summed E-state index contributed by atoms with van der Waals surface area (Å²) in [6.07, 6.45) is 2.32. The smallest absolute Gasteiger partial charge is 0.303 e. The third kappa shape index (κ3) is 2.93. The van der Waals surface area contributed by atoms with E-state index in [4.69, 9.17) is 9.52 Å². The van der Waals surface area contributed by atoms with Crippen molar-refractivity contribution in [3.05, 3.63) is 42.0 Å². The fourth-order valence-corrected chi connectivity index (χ4v) is 1.59. The second-order valence-electron chi connectivity index (χ2n) is 3.84. The van der Waals surface area contributed by atoms with Crippen LogP contribution >= 0.6 is 0 Å². The number of nitrogens with zero attached hydrogens (tertiary/aromatic N) is 1. The van der Waals surface area contributed by atoms with Gasteiger partial charge in [0.2, 0.25) is 0 Å². The molecule has 1 aromatic carbocycles. The van der Waals surface area contributed by atoms with Gasteiger partial charge in [-0.1, -0.05) is 24.3 Å². The standard InChI is InChI=1S/C13H13NO3/c1-9-14-12(8-17-9)11-5-2-10(3-6-11)4-7-13(15)16/h2-3,5-6,8H,4,7H2,1H3,(H,15,16). The molecule has 1 heterocycles. The van der Waals surface area contributed by atoms with Crippen LogP contribution in [0.2, 0.25) is 0 Å². The van der Waals surface area contributed by atoms with Crippen LogP contribution in [0.5, 0.6) is 0 Å². The highest BCUT2D eigenvalue weighted by molar-refractivity contribution is 5.67. The largest absolute Gasteiger partial charge is 0.481 e. The lowest BCUT2D eigenvalue weighted by Crippen LogP contribution is -1.97. The fourth-order valence-electron chi connectivity index (χ4n) is 1.59.